The summed E-state index contributed by atoms with van der Waals surface area (Å²) in [4.78, 5) is 14.0. The molecule has 1 aromatic carbocycles. The van der Waals surface area contributed by atoms with Crippen molar-refractivity contribution < 1.29 is 24.1 Å². The summed E-state index contributed by atoms with van der Waals surface area (Å²) in [7, 11) is 1.76. The first-order valence-electron chi connectivity index (χ1n) is 14.2. The highest BCUT2D eigenvalue weighted by molar-refractivity contribution is 5.96. The number of ether oxygens (including phenoxy) is 3. The molecule has 220 valence electrons. The number of carbonyl (C=O) groups is 1. The minimum Gasteiger partial charge on any atom is -0.487 e. The molecule has 2 heterocycles. The predicted octanol–water partition coefficient (Wildman–Crippen LogP) is 4.10. The Morgan fingerprint density at radius 2 is 1.82 bits per heavy atom. The number of hydrogen-bond acceptors (Lipinski definition) is 7. The highest BCUT2D eigenvalue weighted by Crippen LogP contribution is 2.42. The highest BCUT2D eigenvalue weighted by atomic mass is 16.6. The van der Waals surface area contributed by atoms with Gasteiger partial charge in [-0.05, 0) is 82.6 Å². The average molecular weight is 547 g/mol. The number of methoxy groups -OCH3 is 1. The molecule has 0 saturated carbocycles. The van der Waals surface area contributed by atoms with E-state index in [9.17, 15) is 9.90 Å². The maximum absolute atomic E-state index is 11.8. The van der Waals surface area contributed by atoms with E-state index >= 15 is 0 Å². The lowest BCUT2D eigenvalue weighted by Gasteiger charge is -2.47. The fourth-order valence-electron chi connectivity index (χ4n) is 5.28. The standard InChI is InChI=1S/C30H50N4O5/c1-28(2,3)30(7,37-8)25-12-10-20-17-21(9-11-24(20)38-25)26(31)33-22-13-15-34(16-14-22)19-23(35)18-32-27(36)39-29(4,5)6/h9,11,17,22-23,25,35H,10,12-16,18-19H2,1-8H3,(H2,31,33)(H,32,36)/t23-,25-,30+/m1/s1. The van der Waals surface area contributed by atoms with Crippen molar-refractivity contribution in [3.63, 3.8) is 0 Å². The van der Waals surface area contributed by atoms with Crippen LogP contribution >= 0.6 is 0 Å². The fourth-order valence-corrected chi connectivity index (χ4v) is 5.28. The van der Waals surface area contributed by atoms with Crippen LogP contribution < -0.4 is 15.4 Å². The van der Waals surface area contributed by atoms with Crippen LogP contribution in [-0.4, -0.2) is 84.7 Å². The Balaban J connectivity index is 1.46. The molecule has 9 heteroatoms. The van der Waals surface area contributed by atoms with E-state index in [1.165, 1.54) is 0 Å². The molecule has 0 bridgehead atoms. The van der Waals surface area contributed by atoms with E-state index in [0.29, 0.717) is 12.4 Å². The van der Waals surface area contributed by atoms with Crippen molar-refractivity contribution in [3.05, 3.63) is 29.3 Å². The minimum absolute atomic E-state index is 0.0322. The lowest BCUT2D eigenvalue weighted by molar-refractivity contribution is -0.147. The van der Waals surface area contributed by atoms with Crippen molar-refractivity contribution in [2.24, 2.45) is 5.41 Å². The Labute approximate surface area is 234 Å². The van der Waals surface area contributed by atoms with Crippen molar-refractivity contribution in [3.8, 4) is 5.75 Å². The van der Waals surface area contributed by atoms with Crippen molar-refractivity contribution in [2.75, 3.05) is 33.3 Å². The largest absolute Gasteiger partial charge is 0.487 e. The van der Waals surface area contributed by atoms with Gasteiger partial charge in [-0.2, -0.15) is 0 Å². The summed E-state index contributed by atoms with van der Waals surface area (Å²) in [5, 5.41) is 25.0. The predicted molar refractivity (Wildman–Crippen MR) is 154 cm³/mol. The zero-order valence-electron chi connectivity index (χ0n) is 25.1. The number of fused-ring (bicyclic) bond motifs is 1. The van der Waals surface area contributed by atoms with Crippen LogP contribution in [-0.2, 0) is 15.9 Å². The molecule has 0 radical (unpaired) electrons. The van der Waals surface area contributed by atoms with Crippen LogP contribution in [0.15, 0.2) is 18.2 Å². The number of amides is 1. The second-order valence-electron chi connectivity index (χ2n) is 13.2. The fraction of sp³-hybridized carbons (Fsp3) is 0.733. The van der Waals surface area contributed by atoms with E-state index in [1.807, 2.05) is 32.9 Å². The Morgan fingerprint density at radius 1 is 1.15 bits per heavy atom. The van der Waals surface area contributed by atoms with Crippen LogP contribution in [0.25, 0.3) is 0 Å². The van der Waals surface area contributed by atoms with Gasteiger partial charge in [0.1, 0.15) is 28.9 Å². The molecular weight excluding hydrogens is 496 g/mol. The van der Waals surface area contributed by atoms with Gasteiger partial charge < -0.3 is 34.9 Å². The van der Waals surface area contributed by atoms with Gasteiger partial charge in [0.05, 0.1) is 6.10 Å². The summed E-state index contributed by atoms with van der Waals surface area (Å²) in [6.45, 7) is 16.4. The molecule has 0 aliphatic carbocycles. The summed E-state index contributed by atoms with van der Waals surface area (Å²) >= 11 is 0. The van der Waals surface area contributed by atoms with E-state index in [0.717, 1.165) is 55.6 Å². The molecule has 3 rings (SSSR count). The third-order valence-corrected chi connectivity index (χ3v) is 8.11. The van der Waals surface area contributed by atoms with Gasteiger partial charge >= 0.3 is 6.09 Å². The van der Waals surface area contributed by atoms with E-state index in [-0.39, 0.29) is 24.1 Å². The topological polar surface area (TPSA) is 116 Å². The first-order valence-corrected chi connectivity index (χ1v) is 14.2. The van der Waals surface area contributed by atoms with Crippen molar-refractivity contribution >= 4 is 11.9 Å². The van der Waals surface area contributed by atoms with Gasteiger partial charge in [0.15, 0.2) is 0 Å². The lowest BCUT2D eigenvalue weighted by Crippen LogP contribution is -2.55. The van der Waals surface area contributed by atoms with Crippen molar-refractivity contribution in [1.29, 1.82) is 5.41 Å². The van der Waals surface area contributed by atoms with Gasteiger partial charge in [-0.3, -0.25) is 5.41 Å². The Morgan fingerprint density at radius 3 is 2.41 bits per heavy atom. The zero-order chi connectivity index (χ0) is 29.0. The van der Waals surface area contributed by atoms with Crippen LogP contribution in [0, 0.1) is 10.8 Å². The highest BCUT2D eigenvalue weighted by Gasteiger charge is 2.47. The number of aliphatic hydroxyl groups excluding tert-OH is 1. The lowest BCUT2D eigenvalue weighted by atomic mass is 9.72. The third-order valence-electron chi connectivity index (χ3n) is 8.11. The number of alkyl carbamates (subject to hydrolysis) is 1. The Kier molecular flexibility index (Phi) is 9.94. The number of hydrogen-bond donors (Lipinski definition) is 4. The molecule has 2 aliphatic heterocycles. The molecule has 9 nitrogen and oxygen atoms in total. The number of aliphatic hydroxyl groups is 1. The van der Waals surface area contributed by atoms with Crippen molar-refractivity contribution in [1.82, 2.24) is 15.5 Å². The van der Waals surface area contributed by atoms with E-state index in [4.69, 9.17) is 19.6 Å². The molecule has 1 aromatic rings. The summed E-state index contributed by atoms with van der Waals surface area (Å²) in [5.41, 5.74) is 0.961. The van der Waals surface area contributed by atoms with Gasteiger partial charge in [0.2, 0.25) is 0 Å². The molecule has 39 heavy (non-hydrogen) atoms. The van der Waals surface area contributed by atoms with Crippen LogP contribution in [0.3, 0.4) is 0 Å². The van der Waals surface area contributed by atoms with E-state index < -0.39 is 23.4 Å². The van der Waals surface area contributed by atoms with Crippen LogP contribution in [0.5, 0.6) is 5.75 Å². The number of rotatable bonds is 8. The number of likely N-dealkylation sites (tertiary alicyclic amines) is 1. The minimum atomic E-state index is -0.664. The van der Waals surface area contributed by atoms with Crippen molar-refractivity contribution in [2.45, 2.75) is 104 Å². The number of aryl methyl sites for hydroxylation is 1. The number of carbonyl (C=O) groups excluding carboxylic acids is 1. The van der Waals surface area contributed by atoms with Gasteiger partial charge in [-0.15, -0.1) is 0 Å². The molecule has 1 saturated heterocycles. The van der Waals surface area contributed by atoms with Gasteiger partial charge in [-0.25, -0.2) is 4.79 Å². The molecule has 2 aliphatic rings. The molecule has 0 spiro atoms. The van der Waals surface area contributed by atoms with Crippen LogP contribution in [0.1, 0.15) is 78.9 Å². The first-order chi connectivity index (χ1) is 18.1. The Hall–Kier alpha value is -2.36. The van der Waals surface area contributed by atoms with Gasteiger partial charge in [-0.1, -0.05) is 20.8 Å². The second kappa shape index (κ2) is 12.4. The summed E-state index contributed by atoms with van der Waals surface area (Å²) in [6.07, 6.45) is 2.31. The zero-order valence-corrected chi connectivity index (χ0v) is 25.1. The molecule has 1 amide bonds. The summed E-state index contributed by atoms with van der Waals surface area (Å²) in [6, 6.07) is 6.23. The number of nitrogens with zero attached hydrogens (tertiary/aromatic N) is 1. The number of amidine groups is 1. The molecule has 3 atom stereocenters. The van der Waals surface area contributed by atoms with Gasteiger partial charge in [0.25, 0.3) is 0 Å². The molecule has 0 aromatic heterocycles. The normalized spacial score (nSPS) is 21.2. The molecular formula is C30H50N4O5. The van der Waals surface area contributed by atoms with E-state index in [1.54, 1.807) is 7.11 Å². The van der Waals surface area contributed by atoms with E-state index in [2.05, 4.69) is 49.3 Å². The maximum Gasteiger partial charge on any atom is 0.407 e. The average Bonchev–Trinajstić information content (AvgIpc) is 2.85. The maximum atomic E-state index is 11.8. The number of β-amino-alcohol motifs (C(OH)–C–C–N with tert-alkyl or cyclic N) is 1. The smallest absolute Gasteiger partial charge is 0.407 e. The van der Waals surface area contributed by atoms with Crippen LogP contribution in [0.4, 0.5) is 4.79 Å². The van der Waals surface area contributed by atoms with Gasteiger partial charge in [0, 0.05) is 44.9 Å². The number of nitrogens with one attached hydrogen (secondary N) is 3. The number of piperidine rings is 1. The molecule has 0 unspecified atom stereocenters. The molecule has 1 fully saturated rings. The summed E-state index contributed by atoms with van der Waals surface area (Å²) < 4.78 is 17.6. The quantitative estimate of drug-likeness (QED) is 0.287. The second-order valence-corrected chi connectivity index (χ2v) is 13.2. The third kappa shape index (κ3) is 8.32. The first kappa shape index (κ1) is 31.2. The monoisotopic (exact) mass is 546 g/mol. The SMILES string of the molecule is CO[C@@](C)([C@H]1CCc2cc(C(=N)NC3CCN(C[C@H](O)CNC(=O)OC(C)(C)C)CC3)ccc2O1)C(C)(C)C. The summed E-state index contributed by atoms with van der Waals surface area (Å²) in [5.74, 6) is 1.31. The number of benzene rings is 1. The Bertz CT molecular complexity index is 994. The molecule has 4 N–H and O–H groups in total. The van der Waals surface area contributed by atoms with Crippen LogP contribution in [0.2, 0.25) is 0 Å².